The molecule has 4 atom stereocenters. The lowest BCUT2D eigenvalue weighted by Crippen LogP contribution is -2.47. The Kier molecular flexibility index (Phi) is 5.20. The number of aromatic nitrogens is 2. The van der Waals surface area contributed by atoms with Crippen molar-refractivity contribution in [3.05, 3.63) is 37.9 Å². The molecule has 4 rings (SSSR count). The molecule has 0 spiro atoms. The first-order valence-electron chi connectivity index (χ1n) is 9.93. The third kappa shape index (κ3) is 3.27. The lowest BCUT2D eigenvalue weighted by molar-refractivity contribution is 0.175. The van der Waals surface area contributed by atoms with Crippen molar-refractivity contribution in [1.29, 1.82) is 0 Å². The number of nitrogens with one attached hydrogen (secondary N) is 1. The minimum absolute atomic E-state index is 0.0822. The molecule has 0 bridgehead atoms. The van der Waals surface area contributed by atoms with E-state index in [4.69, 9.17) is 5.73 Å². The largest absolute Gasteiger partial charge is 0.395 e. The predicted molar refractivity (Wildman–Crippen MR) is 101 cm³/mol. The molecule has 4 unspecified atom stereocenters. The average Bonchev–Trinajstić information content (AvgIpc) is 3.38. The van der Waals surface area contributed by atoms with Gasteiger partial charge in [-0.05, 0) is 31.7 Å². The molecule has 0 radical (unpaired) electrons. The van der Waals surface area contributed by atoms with Gasteiger partial charge in [-0.15, -0.1) is 0 Å². The van der Waals surface area contributed by atoms with Crippen LogP contribution in [-0.4, -0.2) is 57.8 Å². The number of H-pyrrole nitrogens is 1. The van der Waals surface area contributed by atoms with Crippen LogP contribution in [0.25, 0.3) is 5.57 Å². The number of hydrogen-bond acceptors (Lipinski definition) is 5. The number of allylic oxidation sites excluding steroid dienone is 1. The second kappa shape index (κ2) is 7.41. The van der Waals surface area contributed by atoms with Crippen LogP contribution in [0.15, 0.2) is 15.4 Å². The van der Waals surface area contributed by atoms with Gasteiger partial charge in [0.15, 0.2) is 0 Å². The highest BCUT2D eigenvalue weighted by Crippen LogP contribution is 2.46. The maximum atomic E-state index is 15.4. The molecule has 2 aliphatic carbocycles. The van der Waals surface area contributed by atoms with Gasteiger partial charge in [0, 0.05) is 30.2 Å². The lowest BCUT2D eigenvalue weighted by atomic mass is 9.82. The van der Waals surface area contributed by atoms with Gasteiger partial charge in [-0.1, -0.05) is 6.92 Å². The first-order chi connectivity index (χ1) is 13.8. The van der Waals surface area contributed by atoms with Gasteiger partial charge in [-0.25, -0.2) is 18.0 Å². The Morgan fingerprint density at radius 1 is 1.28 bits per heavy atom. The standard InChI is InChI=1S/C19H25F3N4O3/c1-8-15-13(18(28)24-19(29)26(15)10-2-3-10)12(17(21)22)14(20)16(8)25-5-4-9(6-25)11(23)7-27/h8-11,16-17,27H,2-7,23H2,1H3,(H,24,28,29). The first-order valence-corrected chi connectivity index (χ1v) is 9.93. The molecule has 7 nitrogen and oxygen atoms in total. The van der Waals surface area contributed by atoms with Crippen LogP contribution in [0.4, 0.5) is 13.2 Å². The van der Waals surface area contributed by atoms with Crippen molar-refractivity contribution in [3.63, 3.8) is 0 Å². The molecule has 4 N–H and O–H groups in total. The molecule has 1 aromatic heterocycles. The number of fused-ring (bicyclic) bond motifs is 1. The molecular formula is C19H25F3N4O3. The van der Waals surface area contributed by atoms with Crippen LogP contribution in [0.1, 0.15) is 49.4 Å². The van der Waals surface area contributed by atoms with Crippen LogP contribution < -0.4 is 17.0 Å². The third-order valence-corrected chi connectivity index (χ3v) is 6.47. The molecule has 1 aliphatic heterocycles. The molecule has 160 valence electrons. The van der Waals surface area contributed by atoms with E-state index in [1.807, 2.05) is 0 Å². The fraction of sp³-hybridized carbons (Fsp3) is 0.684. The Morgan fingerprint density at radius 3 is 2.55 bits per heavy atom. The van der Waals surface area contributed by atoms with E-state index in [2.05, 4.69) is 4.98 Å². The zero-order valence-electron chi connectivity index (χ0n) is 16.1. The molecule has 2 heterocycles. The van der Waals surface area contributed by atoms with Crippen molar-refractivity contribution in [2.75, 3.05) is 19.7 Å². The van der Waals surface area contributed by atoms with Gasteiger partial charge in [0.05, 0.1) is 23.8 Å². The predicted octanol–water partition coefficient (Wildman–Crippen LogP) is 0.944. The molecule has 0 aromatic carbocycles. The quantitative estimate of drug-likeness (QED) is 0.665. The zero-order valence-corrected chi connectivity index (χ0v) is 16.1. The smallest absolute Gasteiger partial charge is 0.328 e. The summed E-state index contributed by atoms with van der Waals surface area (Å²) < 4.78 is 44.6. The van der Waals surface area contributed by atoms with Crippen molar-refractivity contribution in [2.24, 2.45) is 11.7 Å². The van der Waals surface area contributed by atoms with Crippen molar-refractivity contribution >= 4 is 5.57 Å². The van der Waals surface area contributed by atoms with Gasteiger partial charge in [0.25, 0.3) is 12.0 Å². The molecule has 1 aromatic rings. The van der Waals surface area contributed by atoms with Crippen LogP contribution in [-0.2, 0) is 0 Å². The maximum absolute atomic E-state index is 15.4. The Bertz CT molecular complexity index is 953. The van der Waals surface area contributed by atoms with Crippen LogP contribution in [0.5, 0.6) is 0 Å². The Morgan fingerprint density at radius 2 is 1.97 bits per heavy atom. The number of hydrogen-bond donors (Lipinski definition) is 3. The summed E-state index contributed by atoms with van der Waals surface area (Å²) in [5.41, 5.74) is 3.16. The summed E-state index contributed by atoms with van der Waals surface area (Å²) >= 11 is 0. The molecular weight excluding hydrogens is 389 g/mol. The molecule has 10 heteroatoms. The minimum Gasteiger partial charge on any atom is -0.395 e. The van der Waals surface area contributed by atoms with Crippen molar-refractivity contribution < 1.29 is 18.3 Å². The van der Waals surface area contributed by atoms with E-state index in [1.165, 1.54) is 4.57 Å². The molecule has 3 aliphatic rings. The normalized spacial score (nSPS) is 28.9. The van der Waals surface area contributed by atoms with Gasteiger partial charge in [0.2, 0.25) is 0 Å². The van der Waals surface area contributed by atoms with E-state index in [9.17, 15) is 23.5 Å². The fourth-order valence-corrected chi connectivity index (χ4v) is 4.87. The lowest BCUT2D eigenvalue weighted by Gasteiger charge is -2.38. The summed E-state index contributed by atoms with van der Waals surface area (Å²) in [6.45, 7) is 2.25. The number of rotatable bonds is 5. The van der Waals surface area contributed by atoms with Crippen molar-refractivity contribution in [1.82, 2.24) is 14.5 Å². The van der Waals surface area contributed by atoms with Crippen LogP contribution in [0, 0.1) is 5.92 Å². The van der Waals surface area contributed by atoms with Crippen molar-refractivity contribution in [3.8, 4) is 0 Å². The fourth-order valence-electron chi connectivity index (χ4n) is 4.87. The molecule has 29 heavy (non-hydrogen) atoms. The monoisotopic (exact) mass is 414 g/mol. The highest BCUT2D eigenvalue weighted by Gasteiger charge is 2.46. The summed E-state index contributed by atoms with van der Waals surface area (Å²) in [5.74, 6) is -1.77. The second-order valence-corrected chi connectivity index (χ2v) is 8.31. The van der Waals surface area contributed by atoms with Gasteiger partial charge in [-0.2, -0.15) is 0 Å². The Balaban J connectivity index is 1.85. The molecule has 2 fully saturated rings. The van der Waals surface area contributed by atoms with E-state index in [0.717, 1.165) is 0 Å². The number of aromatic amines is 1. The zero-order chi connectivity index (χ0) is 21.0. The Hall–Kier alpha value is -1.91. The van der Waals surface area contributed by atoms with Gasteiger partial charge < -0.3 is 10.8 Å². The molecule has 1 saturated heterocycles. The van der Waals surface area contributed by atoms with Crippen LogP contribution >= 0.6 is 0 Å². The van der Waals surface area contributed by atoms with Gasteiger partial charge in [0.1, 0.15) is 5.83 Å². The third-order valence-electron chi connectivity index (χ3n) is 6.47. The number of alkyl halides is 2. The summed E-state index contributed by atoms with van der Waals surface area (Å²) in [5, 5.41) is 9.30. The number of aliphatic hydroxyl groups excluding tert-OH is 1. The number of aliphatic hydroxyl groups is 1. The highest BCUT2D eigenvalue weighted by molar-refractivity contribution is 5.74. The van der Waals surface area contributed by atoms with Crippen LogP contribution in [0.3, 0.4) is 0 Å². The minimum atomic E-state index is -3.19. The number of likely N-dealkylation sites (tertiary alicyclic amines) is 1. The van der Waals surface area contributed by atoms with E-state index >= 15 is 4.39 Å². The SMILES string of the molecule is CC1c2c(c(=O)[nH]c(=O)n2C2CC2)C(C(F)F)=C(F)C1N1CCC(C(N)CO)C1. The topological polar surface area (TPSA) is 104 Å². The number of nitrogens with two attached hydrogens (primary N) is 1. The second-order valence-electron chi connectivity index (χ2n) is 8.31. The summed E-state index contributed by atoms with van der Waals surface area (Å²) in [7, 11) is 0. The molecule has 0 amide bonds. The maximum Gasteiger partial charge on any atom is 0.328 e. The Labute approximate surface area is 165 Å². The van der Waals surface area contributed by atoms with Crippen molar-refractivity contribution in [2.45, 2.75) is 56.7 Å². The summed E-state index contributed by atoms with van der Waals surface area (Å²) in [6, 6.07) is -1.64. The van der Waals surface area contributed by atoms with Gasteiger partial charge >= 0.3 is 5.69 Å². The molecule has 1 saturated carbocycles. The summed E-state index contributed by atoms with van der Waals surface area (Å²) in [4.78, 5) is 28.7. The first kappa shape index (κ1) is 20.4. The number of halogens is 3. The highest BCUT2D eigenvalue weighted by atomic mass is 19.3. The van der Waals surface area contributed by atoms with Crippen LogP contribution in [0.2, 0.25) is 0 Å². The van der Waals surface area contributed by atoms with E-state index in [0.29, 0.717) is 32.4 Å². The van der Waals surface area contributed by atoms with E-state index in [-0.39, 0.29) is 24.3 Å². The van der Waals surface area contributed by atoms with E-state index < -0.39 is 52.6 Å². The van der Waals surface area contributed by atoms with E-state index in [1.54, 1.807) is 11.8 Å². The summed E-state index contributed by atoms with van der Waals surface area (Å²) in [6.07, 6.45) is -1.15. The number of nitrogens with zero attached hydrogens (tertiary/aromatic N) is 2. The van der Waals surface area contributed by atoms with Gasteiger partial charge in [-0.3, -0.25) is 19.2 Å². The average molecular weight is 414 g/mol.